The highest BCUT2D eigenvalue weighted by atomic mass is 16.5. The first-order valence-electron chi connectivity index (χ1n) is 7.61. The molecule has 0 bridgehead atoms. The topological polar surface area (TPSA) is 58.6 Å². The molecular weight excluding hydrogens is 242 g/mol. The van der Waals surface area contributed by atoms with E-state index in [2.05, 4.69) is 12.2 Å². The molecule has 4 heteroatoms. The van der Waals surface area contributed by atoms with Crippen LogP contribution in [0.5, 0.6) is 0 Å². The van der Waals surface area contributed by atoms with Crippen LogP contribution in [0.15, 0.2) is 0 Å². The highest BCUT2D eigenvalue weighted by Crippen LogP contribution is 2.25. The van der Waals surface area contributed by atoms with Crippen molar-refractivity contribution in [1.82, 2.24) is 5.32 Å². The zero-order chi connectivity index (χ0) is 14.3. The second-order valence-corrected chi connectivity index (χ2v) is 5.90. The van der Waals surface area contributed by atoms with E-state index in [1.54, 1.807) is 0 Å². The largest absolute Gasteiger partial charge is 0.466 e. The summed E-state index contributed by atoms with van der Waals surface area (Å²) in [6.07, 6.45) is 4.57. The van der Waals surface area contributed by atoms with Gasteiger partial charge in [0.1, 0.15) is 0 Å². The van der Waals surface area contributed by atoms with Crippen LogP contribution < -0.4 is 5.32 Å². The number of aliphatic hydroxyl groups excluding tert-OH is 1. The first-order valence-corrected chi connectivity index (χ1v) is 7.61. The van der Waals surface area contributed by atoms with Gasteiger partial charge in [0.05, 0.1) is 18.6 Å². The molecule has 19 heavy (non-hydrogen) atoms. The van der Waals surface area contributed by atoms with Gasteiger partial charge in [-0.3, -0.25) is 4.79 Å². The fourth-order valence-electron chi connectivity index (χ4n) is 2.83. The van der Waals surface area contributed by atoms with Crippen molar-refractivity contribution >= 4 is 5.97 Å². The lowest BCUT2D eigenvalue weighted by atomic mass is 9.86. The van der Waals surface area contributed by atoms with Gasteiger partial charge in [0.25, 0.3) is 0 Å². The molecule has 0 aromatic rings. The van der Waals surface area contributed by atoms with Crippen LogP contribution in [0.25, 0.3) is 0 Å². The van der Waals surface area contributed by atoms with Crippen molar-refractivity contribution in [2.24, 2.45) is 11.8 Å². The first-order chi connectivity index (χ1) is 9.02. The summed E-state index contributed by atoms with van der Waals surface area (Å²) < 4.78 is 5.07. The number of hydrogen-bond donors (Lipinski definition) is 2. The van der Waals surface area contributed by atoms with Crippen LogP contribution in [-0.4, -0.2) is 36.4 Å². The SMILES string of the molecule is CCOC(=O)C1CCC(NCC(C)CC(C)O)CC1. The number of hydrogen-bond acceptors (Lipinski definition) is 4. The maximum Gasteiger partial charge on any atom is 0.308 e. The number of aliphatic hydroxyl groups is 1. The molecule has 0 aromatic carbocycles. The Morgan fingerprint density at radius 1 is 1.32 bits per heavy atom. The zero-order valence-corrected chi connectivity index (χ0v) is 12.5. The molecule has 0 aromatic heterocycles. The molecule has 2 N–H and O–H groups in total. The Morgan fingerprint density at radius 2 is 1.95 bits per heavy atom. The van der Waals surface area contributed by atoms with E-state index in [4.69, 9.17) is 4.74 Å². The highest BCUT2D eigenvalue weighted by Gasteiger charge is 2.27. The summed E-state index contributed by atoms with van der Waals surface area (Å²) in [5.41, 5.74) is 0. The summed E-state index contributed by atoms with van der Waals surface area (Å²) in [5.74, 6) is 0.569. The summed E-state index contributed by atoms with van der Waals surface area (Å²) in [7, 11) is 0. The summed E-state index contributed by atoms with van der Waals surface area (Å²) in [4.78, 5) is 11.6. The Hall–Kier alpha value is -0.610. The van der Waals surface area contributed by atoms with E-state index in [1.165, 1.54) is 0 Å². The summed E-state index contributed by atoms with van der Waals surface area (Å²) in [6, 6.07) is 0.516. The average molecular weight is 271 g/mol. The van der Waals surface area contributed by atoms with Crippen molar-refractivity contribution in [2.45, 2.75) is 65.0 Å². The van der Waals surface area contributed by atoms with Crippen molar-refractivity contribution in [2.75, 3.05) is 13.2 Å². The van der Waals surface area contributed by atoms with Crippen molar-refractivity contribution < 1.29 is 14.6 Å². The molecule has 1 rings (SSSR count). The molecule has 1 saturated carbocycles. The third-order valence-corrected chi connectivity index (χ3v) is 3.85. The first kappa shape index (κ1) is 16.4. The third kappa shape index (κ3) is 6.39. The highest BCUT2D eigenvalue weighted by molar-refractivity contribution is 5.72. The van der Waals surface area contributed by atoms with Gasteiger partial charge in [-0.25, -0.2) is 0 Å². The van der Waals surface area contributed by atoms with Gasteiger partial charge in [-0.1, -0.05) is 6.92 Å². The smallest absolute Gasteiger partial charge is 0.308 e. The van der Waals surface area contributed by atoms with Gasteiger partial charge in [-0.2, -0.15) is 0 Å². The molecule has 0 radical (unpaired) electrons. The number of esters is 1. The number of nitrogens with one attached hydrogen (secondary N) is 1. The van der Waals surface area contributed by atoms with Gasteiger partial charge in [0.15, 0.2) is 0 Å². The van der Waals surface area contributed by atoms with Gasteiger partial charge in [-0.15, -0.1) is 0 Å². The minimum atomic E-state index is -0.226. The third-order valence-electron chi connectivity index (χ3n) is 3.85. The van der Waals surface area contributed by atoms with Gasteiger partial charge in [-0.05, 0) is 58.4 Å². The lowest BCUT2D eigenvalue weighted by Gasteiger charge is -2.29. The predicted octanol–water partition coefficient (Wildman–Crippen LogP) is 2.10. The number of rotatable bonds is 7. The Morgan fingerprint density at radius 3 is 2.47 bits per heavy atom. The van der Waals surface area contributed by atoms with E-state index in [9.17, 15) is 9.90 Å². The standard InChI is InChI=1S/C15H29NO3/c1-4-19-15(18)13-5-7-14(8-6-13)16-10-11(2)9-12(3)17/h11-14,16-17H,4-10H2,1-3H3. The van der Waals surface area contributed by atoms with Crippen LogP contribution in [0.2, 0.25) is 0 Å². The molecular formula is C15H29NO3. The van der Waals surface area contributed by atoms with Crippen molar-refractivity contribution in [3.05, 3.63) is 0 Å². The van der Waals surface area contributed by atoms with Gasteiger partial charge < -0.3 is 15.2 Å². The number of carbonyl (C=O) groups excluding carboxylic acids is 1. The zero-order valence-electron chi connectivity index (χ0n) is 12.5. The van der Waals surface area contributed by atoms with E-state index in [0.717, 1.165) is 38.6 Å². The molecule has 0 spiro atoms. The number of ether oxygens (including phenoxy) is 1. The van der Waals surface area contributed by atoms with E-state index in [1.807, 2.05) is 13.8 Å². The van der Waals surface area contributed by atoms with Crippen LogP contribution in [0.4, 0.5) is 0 Å². The lowest BCUT2D eigenvalue weighted by Crippen LogP contribution is -2.37. The predicted molar refractivity (Wildman–Crippen MR) is 75.8 cm³/mol. The van der Waals surface area contributed by atoms with E-state index >= 15 is 0 Å². The minimum absolute atomic E-state index is 0.0246. The molecule has 1 aliphatic rings. The average Bonchev–Trinajstić information content (AvgIpc) is 2.36. The maximum absolute atomic E-state index is 11.6. The van der Waals surface area contributed by atoms with Crippen LogP contribution in [0.3, 0.4) is 0 Å². The lowest BCUT2D eigenvalue weighted by molar-refractivity contribution is -0.149. The molecule has 0 aliphatic heterocycles. The molecule has 0 saturated heterocycles. The van der Waals surface area contributed by atoms with Crippen LogP contribution >= 0.6 is 0 Å². The Labute approximate surface area is 116 Å². The van der Waals surface area contributed by atoms with Gasteiger partial charge in [0, 0.05) is 6.04 Å². The fraction of sp³-hybridized carbons (Fsp3) is 0.933. The molecule has 0 heterocycles. The van der Waals surface area contributed by atoms with E-state index in [0.29, 0.717) is 18.6 Å². The molecule has 0 amide bonds. The Balaban J connectivity index is 2.18. The minimum Gasteiger partial charge on any atom is -0.466 e. The van der Waals surface area contributed by atoms with Crippen LogP contribution in [0, 0.1) is 11.8 Å². The van der Waals surface area contributed by atoms with Crippen molar-refractivity contribution in [1.29, 1.82) is 0 Å². The second kappa shape index (κ2) is 8.54. The number of carbonyl (C=O) groups is 1. The van der Waals surface area contributed by atoms with Crippen molar-refractivity contribution in [3.63, 3.8) is 0 Å². The van der Waals surface area contributed by atoms with Gasteiger partial charge >= 0.3 is 5.97 Å². The van der Waals surface area contributed by atoms with Crippen LogP contribution in [-0.2, 0) is 9.53 Å². The molecule has 2 atom stereocenters. The summed E-state index contributed by atoms with van der Waals surface area (Å²) in [6.45, 7) is 7.27. The molecule has 112 valence electrons. The molecule has 4 nitrogen and oxygen atoms in total. The normalized spacial score (nSPS) is 26.7. The molecule has 2 unspecified atom stereocenters. The van der Waals surface area contributed by atoms with Gasteiger partial charge in [0.2, 0.25) is 0 Å². The summed E-state index contributed by atoms with van der Waals surface area (Å²) >= 11 is 0. The summed E-state index contributed by atoms with van der Waals surface area (Å²) in [5, 5.41) is 12.9. The van der Waals surface area contributed by atoms with Crippen molar-refractivity contribution in [3.8, 4) is 0 Å². The Bertz CT molecular complexity index is 260. The monoisotopic (exact) mass is 271 g/mol. The molecule has 1 fully saturated rings. The van der Waals surface area contributed by atoms with Crippen LogP contribution in [0.1, 0.15) is 52.9 Å². The molecule has 1 aliphatic carbocycles. The van der Waals surface area contributed by atoms with E-state index < -0.39 is 0 Å². The quantitative estimate of drug-likeness (QED) is 0.696. The van der Waals surface area contributed by atoms with E-state index in [-0.39, 0.29) is 18.0 Å². The maximum atomic E-state index is 11.6. The second-order valence-electron chi connectivity index (χ2n) is 5.90. The Kier molecular flexibility index (Phi) is 7.39. The fourth-order valence-corrected chi connectivity index (χ4v) is 2.83.